The van der Waals surface area contributed by atoms with Gasteiger partial charge in [0.1, 0.15) is 10.9 Å². The average molecular weight is 371 g/mol. The summed E-state index contributed by atoms with van der Waals surface area (Å²) in [5.74, 6) is -0.387. The highest BCUT2D eigenvalue weighted by atomic mass is 79.9. The first kappa shape index (κ1) is 15.8. The molecular weight excluding hydrogens is 358 g/mol. The lowest BCUT2D eigenvalue weighted by atomic mass is 10.0. The second-order valence-corrected chi connectivity index (χ2v) is 5.66. The fourth-order valence-corrected chi connectivity index (χ4v) is 2.40. The van der Waals surface area contributed by atoms with Crippen molar-refractivity contribution in [1.29, 1.82) is 0 Å². The Labute approximate surface area is 135 Å². The Morgan fingerprint density at radius 3 is 2.76 bits per heavy atom. The number of nitrogens with zero attached hydrogens (tertiary/aromatic N) is 1. The van der Waals surface area contributed by atoms with Gasteiger partial charge in [-0.1, -0.05) is 17.7 Å². The smallest absolute Gasteiger partial charge is 0.337 e. The molecule has 0 aliphatic carbocycles. The number of hydrogen-bond acceptors (Lipinski definition) is 4. The quantitative estimate of drug-likeness (QED) is 0.657. The molecule has 2 rings (SSSR count). The molecule has 21 heavy (non-hydrogen) atoms. The van der Waals surface area contributed by atoms with Gasteiger partial charge in [-0.15, -0.1) is 0 Å². The van der Waals surface area contributed by atoms with E-state index >= 15 is 0 Å². The molecule has 0 fully saturated rings. The van der Waals surface area contributed by atoms with E-state index in [9.17, 15) is 9.90 Å². The molecule has 0 unspecified atom stereocenters. The largest absolute Gasteiger partial charge is 0.508 e. The number of benzene rings is 1. The lowest BCUT2D eigenvalue weighted by Gasteiger charge is -2.07. The molecule has 1 aromatic heterocycles. The Kier molecular flexibility index (Phi) is 5.20. The summed E-state index contributed by atoms with van der Waals surface area (Å²) < 4.78 is 5.35. The SMILES string of the molecule is COC(=O)c1ccc(CCc2cnc(Cl)c(Br)c2)c(O)c1. The van der Waals surface area contributed by atoms with Crippen LogP contribution in [0, 0.1) is 0 Å². The summed E-state index contributed by atoms with van der Waals surface area (Å²) >= 11 is 9.17. The minimum atomic E-state index is -0.470. The molecule has 0 aliphatic heterocycles. The molecule has 1 N–H and O–H groups in total. The lowest BCUT2D eigenvalue weighted by Crippen LogP contribution is -2.01. The third-order valence-corrected chi connectivity index (χ3v) is 4.18. The van der Waals surface area contributed by atoms with Gasteiger partial charge in [-0.05, 0) is 58.1 Å². The number of methoxy groups -OCH3 is 1. The predicted molar refractivity (Wildman–Crippen MR) is 83.8 cm³/mol. The van der Waals surface area contributed by atoms with E-state index < -0.39 is 5.97 Å². The van der Waals surface area contributed by atoms with E-state index in [0.717, 1.165) is 15.6 Å². The number of aryl methyl sites for hydroxylation is 2. The van der Waals surface area contributed by atoms with Crippen molar-refractivity contribution in [2.24, 2.45) is 0 Å². The Hall–Kier alpha value is -1.59. The van der Waals surface area contributed by atoms with Gasteiger partial charge >= 0.3 is 5.97 Å². The molecule has 0 radical (unpaired) electrons. The van der Waals surface area contributed by atoms with E-state index in [0.29, 0.717) is 23.6 Å². The predicted octanol–water partition coefficient (Wildman–Crippen LogP) is 3.77. The second-order valence-electron chi connectivity index (χ2n) is 4.45. The van der Waals surface area contributed by atoms with Crippen molar-refractivity contribution >= 4 is 33.5 Å². The standard InChI is InChI=1S/C15H13BrClNO3/c1-21-15(20)11-5-4-10(13(19)7-11)3-2-9-6-12(16)14(17)18-8-9/h4-8,19H,2-3H2,1H3. The Morgan fingerprint density at radius 1 is 1.38 bits per heavy atom. The first-order valence-electron chi connectivity index (χ1n) is 6.21. The molecule has 1 heterocycles. The van der Waals surface area contributed by atoms with Gasteiger partial charge in [0.15, 0.2) is 0 Å². The number of hydrogen-bond donors (Lipinski definition) is 1. The number of phenolic OH excluding ortho intramolecular Hbond substituents is 1. The third kappa shape index (κ3) is 3.95. The minimum Gasteiger partial charge on any atom is -0.508 e. The molecule has 0 bridgehead atoms. The molecule has 6 heteroatoms. The Morgan fingerprint density at radius 2 is 2.14 bits per heavy atom. The number of ether oxygens (including phenoxy) is 1. The van der Waals surface area contributed by atoms with Gasteiger partial charge in [-0.25, -0.2) is 9.78 Å². The van der Waals surface area contributed by atoms with Gasteiger partial charge in [0.05, 0.1) is 17.1 Å². The van der Waals surface area contributed by atoms with Crippen LogP contribution in [0.3, 0.4) is 0 Å². The molecule has 1 aromatic carbocycles. The summed E-state index contributed by atoms with van der Waals surface area (Å²) in [4.78, 5) is 15.4. The molecule has 0 amide bonds. The van der Waals surface area contributed by atoms with Crippen molar-refractivity contribution in [3.8, 4) is 5.75 Å². The first-order valence-corrected chi connectivity index (χ1v) is 7.38. The summed E-state index contributed by atoms with van der Waals surface area (Å²) in [5.41, 5.74) is 2.09. The molecule has 4 nitrogen and oxygen atoms in total. The summed E-state index contributed by atoms with van der Waals surface area (Å²) in [6.07, 6.45) is 3.03. The summed E-state index contributed by atoms with van der Waals surface area (Å²) in [6.45, 7) is 0. The molecule has 2 aromatic rings. The highest BCUT2D eigenvalue weighted by Gasteiger charge is 2.09. The van der Waals surface area contributed by atoms with E-state index in [2.05, 4.69) is 25.7 Å². The van der Waals surface area contributed by atoms with Gasteiger partial charge in [0, 0.05) is 6.20 Å². The van der Waals surface area contributed by atoms with Crippen LogP contribution >= 0.6 is 27.5 Å². The lowest BCUT2D eigenvalue weighted by molar-refractivity contribution is 0.0600. The first-order chi connectivity index (χ1) is 10.0. The molecule has 0 atom stereocenters. The average Bonchev–Trinajstić information content (AvgIpc) is 2.48. The molecule has 0 aliphatic rings. The zero-order valence-electron chi connectivity index (χ0n) is 11.3. The monoisotopic (exact) mass is 369 g/mol. The summed E-state index contributed by atoms with van der Waals surface area (Å²) in [6, 6.07) is 6.67. The van der Waals surface area contributed by atoms with Crippen LogP contribution in [0.25, 0.3) is 0 Å². The number of carbonyl (C=O) groups is 1. The van der Waals surface area contributed by atoms with E-state index in [1.165, 1.54) is 13.2 Å². The van der Waals surface area contributed by atoms with Crippen molar-refractivity contribution in [2.75, 3.05) is 7.11 Å². The van der Waals surface area contributed by atoms with Crippen molar-refractivity contribution in [3.05, 3.63) is 56.8 Å². The minimum absolute atomic E-state index is 0.0823. The van der Waals surface area contributed by atoms with Gasteiger partial charge < -0.3 is 9.84 Å². The van der Waals surface area contributed by atoms with Crippen LogP contribution in [-0.2, 0) is 17.6 Å². The van der Waals surface area contributed by atoms with E-state index in [1.807, 2.05) is 6.07 Å². The highest BCUT2D eigenvalue weighted by Crippen LogP contribution is 2.24. The normalized spacial score (nSPS) is 10.4. The number of rotatable bonds is 4. The summed E-state index contributed by atoms with van der Waals surface area (Å²) in [5, 5.41) is 10.4. The Balaban J connectivity index is 2.09. The zero-order valence-corrected chi connectivity index (χ0v) is 13.6. The topological polar surface area (TPSA) is 59.4 Å². The van der Waals surface area contributed by atoms with Gasteiger partial charge in [0.2, 0.25) is 0 Å². The van der Waals surface area contributed by atoms with Gasteiger partial charge in [-0.2, -0.15) is 0 Å². The maximum absolute atomic E-state index is 11.4. The van der Waals surface area contributed by atoms with Crippen LogP contribution in [0.4, 0.5) is 0 Å². The number of carbonyl (C=O) groups excluding carboxylic acids is 1. The highest BCUT2D eigenvalue weighted by molar-refractivity contribution is 9.10. The van der Waals surface area contributed by atoms with E-state index in [4.69, 9.17) is 11.6 Å². The van der Waals surface area contributed by atoms with Crippen LogP contribution in [-0.4, -0.2) is 23.2 Å². The fourth-order valence-electron chi connectivity index (χ4n) is 1.90. The Bertz CT molecular complexity index is 676. The number of pyridine rings is 1. The van der Waals surface area contributed by atoms with Crippen molar-refractivity contribution < 1.29 is 14.6 Å². The van der Waals surface area contributed by atoms with Crippen molar-refractivity contribution in [3.63, 3.8) is 0 Å². The molecule has 0 saturated carbocycles. The van der Waals surface area contributed by atoms with Crippen LogP contribution in [0.5, 0.6) is 5.75 Å². The van der Waals surface area contributed by atoms with Crippen LogP contribution in [0.2, 0.25) is 5.15 Å². The van der Waals surface area contributed by atoms with Crippen molar-refractivity contribution in [1.82, 2.24) is 4.98 Å². The van der Waals surface area contributed by atoms with Crippen LogP contribution in [0.15, 0.2) is 34.9 Å². The van der Waals surface area contributed by atoms with Gasteiger partial charge in [-0.3, -0.25) is 0 Å². The van der Waals surface area contributed by atoms with Gasteiger partial charge in [0.25, 0.3) is 0 Å². The zero-order chi connectivity index (χ0) is 15.4. The number of aromatic hydroxyl groups is 1. The van der Waals surface area contributed by atoms with Crippen molar-refractivity contribution in [2.45, 2.75) is 12.8 Å². The maximum Gasteiger partial charge on any atom is 0.337 e. The summed E-state index contributed by atoms with van der Waals surface area (Å²) in [7, 11) is 1.30. The van der Waals surface area contributed by atoms with E-state index in [1.54, 1.807) is 18.3 Å². The second kappa shape index (κ2) is 6.91. The molecule has 0 spiro atoms. The number of phenols is 1. The molecular formula is C15H13BrClNO3. The fraction of sp³-hybridized carbons (Fsp3) is 0.200. The van der Waals surface area contributed by atoms with Crippen LogP contribution < -0.4 is 0 Å². The number of esters is 1. The number of aromatic nitrogens is 1. The third-order valence-electron chi connectivity index (χ3n) is 3.04. The molecule has 110 valence electrons. The van der Waals surface area contributed by atoms with E-state index in [-0.39, 0.29) is 5.75 Å². The number of halogens is 2. The van der Waals surface area contributed by atoms with Crippen LogP contribution in [0.1, 0.15) is 21.5 Å². The molecule has 0 saturated heterocycles. The maximum atomic E-state index is 11.4.